The number of hydrogen-bond acceptors (Lipinski definition) is 7. The van der Waals surface area contributed by atoms with Crippen molar-refractivity contribution in [3.8, 4) is 5.69 Å². The van der Waals surface area contributed by atoms with Gasteiger partial charge < -0.3 is 4.74 Å². The molecular formula is C24H14F3N3O3S2. The van der Waals surface area contributed by atoms with Crippen molar-refractivity contribution in [3.05, 3.63) is 88.0 Å². The Kier molecular flexibility index (Phi) is 6.03. The third kappa shape index (κ3) is 4.28. The van der Waals surface area contributed by atoms with E-state index in [0.717, 1.165) is 50.9 Å². The lowest BCUT2D eigenvalue weighted by molar-refractivity contribution is 0.0524. The Morgan fingerprint density at radius 2 is 1.89 bits per heavy atom. The Morgan fingerprint density at radius 1 is 1.09 bits per heavy atom. The molecule has 11 heteroatoms. The first kappa shape index (κ1) is 23.1. The van der Waals surface area contributed by atoms with Crippen LogP contribution in [0.4, 0.5) is 13.2 Å². The minimum absolute atomic E-state index is 0.00836. The SMILES string of the molecule is CCOC(=O)c1cn(-c2ccc(F)cc2F)c2nc(Sc3nc4ccccc4s3)c(F)cc2c1=O. The Bertz CT molecular complexity index is 1650. The summed E-state index contributed by atoms with van der Waals surface area (Å²) in [6.45, 7) is 1.55. The van der Waals surface area contributed by atoms with E-state index in [9.17, 15) is 18.4 Å². The fourth-order valence-electron chi connectivity index (χ4n) is 3.47. The molecule has 0 spiro atoms. The van der Waals surface area contributed by atoms with Crippen LogP contribution in [0.1, 0.15) is 17.3 Å². The third-order valence-electron chi connectivity index (χ3n) is 5.02. The number of para-hydroxylation sites is 1. The molecule has 3 heterocycles. The summed E-state index contributed by atoms with van der Waals surface area (Å²) < 4.78 is 50.8. The van der Waals surface area contributed by atoms with E-state index in [4.69, 9.17) is 4.74 Å². The number of thiazole rings is 1. The summed E-state index contributed by atoms with van der Waals surface area (Å²) in [4.78, 5) is 34.2. The average molecular weight is 514 g/mol. The summed E-state index contributed by atoms with van der Waals surface area (Å²) in [5.41, 5.74) is -0.808. The van der Waals surface area contributed by atoms with Gasteiger partial charge in [-0.15, -0.1) is 11.3 Å². The molecule has 0 bridgehead atoms. The molecule has 0 aliphatic carbocycles. The van der Waals surface area contributed by atoms with E-state index in [1.54, 1.807) is 6.92 Å². The molecule has 35 heavy (non-hydrogen) atoms. The molecule has 0 amide bonds. The molecule has 5 rings (SSSR count). The van der Waals surface area contributed by atoms with Crippen LogP contribution in [0.2, 0.25) is 0 Å². The lowest BCUT2D eigenvalue weighted by Gasteiger charge is -2.14. The summed E-state index contributed by atoms with van der Waals surface area (Å²) in [7, 11) is 0. The van der Waals surface area contributed by atoms with Crippen molar-refractivity contribution in [1.82, 2.24) is 14.5 Å². The van der Waals surface area contributed by atoms with Crippen LogP contribution >= 0.6 is 23.1 Å². The van der Waals surface area contributed by atoms with Crippen LogP contribution in [0.25, 0.3) is 26.9 Å². The molecular weight excluding hydrogens is 499 g/mol. The standard InChI is InChI=1S/C24H14F3N3O3S2/c1-2-33-23(32)14-11-30(18-8-7-12(25)9-15(18)26)21-13(20(14)31)10-16(27)22(29-21)35-24-28-17-5-3-4-6-19(17)34-24/h3-11H,2H2,1H3. The molecule has 0 atom stereocenters. The van der Waals surface area contributed by atoms with E-state index in [1.165, 1.54) is 11.3 Å². The molecule has 2 aromatic carbocycles. The number of fused-ring (bicyclic) bond motifs is 2. The molecule has 6 nitrogen and oxygen atoms in total. The molecule has 3 aromatic heterocycles. The van der Waals surface area contributed by atoms with Crippen molar-refractivity contribution >= 4 is 50.3 Å². The maximum Gasteiger partial charge on any atom is 0.343 e. The summed E-state index contributed by atoms with van der Waals surface area (Å²) >= 11 is 2.29. The number of aromatic nitrogens is 3. The van der Waals surface area contributed by atoms with Crippen molar-refractivity contribution in [2.45, 2.75) is 16.3 Å². The van der Waals surface area contributed by atoms with Gasteiger partial charge in [0.25, 0.3) is 0 Å². The van der Waals surface area contributed by atoms with Gasteiger partial charge in [-0.1, -0.05) is 12.1 Å². The lowest BCUT2D eigenvalue weighted by Crippen LogP contribution is -2.21. The average Bonchev–Trinajstić information content (AvgIpc) is 3.23. The van der Waals surface area contributed by atoms with Crippen molar-refractivity contribution in [2.24, 2.45) is 0 Å². The summed E-state index contributed by atoms with van der Waals surface area (Å²) in [5.74, 6) is -3.54. The summed E-state index contributed by atoms with van der Waals surface area (Å²) in [6, 6.07) is 11.2. The maximum absolute atomic E-state index is 15.1. The second kappa shape index (κ2) is 9.16. The first-order valence-electron chi connectivity index (χ1n) is 10.3. The molecule has 5 aromatic rings. The normalized spacial score (nSPS) is 11.3. The van der Waals surface area contributed by atoms with Crippen molar-refractivity contribution in [1.29, 1.82) is 0 Å². The number of ether oxygens (including phenoxy) is 1. The van der Waals surface area contributed by atoms with Crippen LogP contribution < -0.4 is 5.43 Å². The first-order chi connectivity index (χ1) is 16.9. The number of pyridine rings is 2. The quantitative estimate of drug-likeness (QED) is 0.279. The monoisotopic (exact) mass is 513 g/mol. The van der Waals surface area contributed by atoms with E-state index in [1.807, 2.05) is 24.3 Å². The predicted molar refractivity (Wildman–Crippen MR) is 127 cm³/mol. The van der Waals surface area contributed by atoms with Gasteiger partial charge in [-0.05, 0) is 49.0 Å². The number of benzene rings is 2. The first-order valence-corrected chi connectivity index (χ1v) is 11.9. The molecule has 176 valence electrons. The number of carbonyl (C=O) groups excluding carboxylic acids is 1. The van der Waals surface area contributed by atoms with Gasteiger partial charge in [0.15, 0.2) is 10.2 Å². The topological polar surface area (TPSA) is 74.1 Å². The fourth-order valence-corrected chi connectivity index (χ4v) is 5.44. The minimum Gasteiger partial charge on any atom is -0.462 e. The van der Waals surface area contributed by atoms with Crippen LogP contribution in [0, 0.1) is 17.5 Å². The highest BCUT2D eigenvalue weighted by Gasteiger charge is 2.22. The highest BCUT2D eigenvalue weighted by molar-refractivity contribution is 8.01. The Hall–Kier alpha value is -3.70. The number of nitrogens with zero attached hydrogens (tertiary/aromatic N) is 3. The van der Waals surface area contributed by atoms with E-state index in [2.05, 4.69) is 9.97 Å². The van der Waals surface area contributed by atoms with Gasteiger partial charge in [0, 0.05) is 12.3 Å². The van der Waals surface area contributed by atoms with Crippen molar-refractivity contribution < 1.29 is 22.7 Å². The smallest absolute Gasteiger partial charge is 0.343 e. The van der Waals surface area contributed by atoms with E-state index < -0.39 is 34.4 Å². The third-order valence-corrected chi connectivity index (χ3v) is 7.10. The molecule has 0 unspecified atom stereocenters. The van der Waals surface area contributed by atoms with Gasteiger partial charge in [0.2, 0.25) is 5.43 Å². The molecule has 0 aliphatic heterocycles. The van der Waals surface area contributed by atoms with E-state index in [0.29, 0.717) is 10.4 Å². The Balaban J connectivity index is 1.73. The molecule has 0 saturated heterocycles. The van der Waals surface area contributed by atoms with E-state index >= 15 is 4.39 Å². The maximum atomic E-state index is 15.1. The van der Waals surface area contributed by atoms with Crippen molar-refractivity contribution in [2.75, 3.05) is 6.61 Å². The molecule has 0 saturated carbocycles. The zero-order chi connectivity index (χ0) is 24.7. The van der Waals surface area contributed by atoms with Gasteiger partial charge in [0.05, 0.1) is 27.9 Å². The van der Waals surface area contributed by atoms with Gasteiger partial charge >= 0.3 is 5.97 Å². The Labute approximate surface area is 204 Å². The summed E-state index contributed by atoms with van der Waals surface area (Å²) in [5, 5.41) is -0.360. The lowest BCUT2D eigenvalue weighted by atomic mass is 10.1. The second-order valence-electron chi connectivity index (χ2n) is 7.25. The number of esters is 1. The van der Waals surface area contributed by atoms with Crippen LogP contribution in [-0.4, -0.2) is 27.1 Å². The van der Waals surface area contributed by atoms with Gasteiger partial charge in [-0.3, -0.25) is 9.36 Å². The van der Waals surface area contributed by atoms with Crippen LogP contribution in [0.5, 0.6) is 0 Å². The Morgan fingerprint density at radius 3 is 2.63 bits per heavy atom. The molecule has 0 N–H and O–H groups in total. The zero-order valence-corrected chi connectivity index (χ0v) is 19.6. The zero-order valence-electron chi connectivity index (χ0n) is 17.9. The van der Waals surface area contributed by atoms with Crippen molar-refractivity contribution in [3.63, 3.8) is 0 Å². The van der Waals surface area contributed by atoms with Crippen LogP contribution in [0.15, 0.2) is 68.9 Å². The largest absolute Gasteiger partial charge is 0.462 e. The van der Waals surface area contributed by atoms with Gasteiger partial charge in [0.1, 0.15) is 27.9 Å². The number of hydrogen-bond donors (Lipinski definition) is 0. The predicted octanol–water partition coefficient (Wildman–Crippen LogP) is 5.74. The highest BCUT2D eigenvalue weighted by atomic mass is 32.2. The minimum atomic E-state index is -0.962. The molecule has 0 radical (unpaired) electrons. The number of carbonyl (C=O) groups is 1. The van der Waals surface area contributed by atoms with Crippen LogP contribution in [-0.2, 0) is 4.74 Å². The molecule has 0 aliphatic rings. The van der Waals surface area contributed by atoms with Gasteiger partial charge in [-0.2, -0.15) is 0 Å². The highest BCUT2D eigenvalue weighted by Crippen LogP contribution is 2.35. The number of rotatable bonds is 5. The second-order valence-corrected chi connectivity index (χ2v) is 9.52. The number of halogens is 3. The fraction of sp³-hybridized carbons (Fsp3) is 0.0833. The van der Waals surface area contributed by atoms with E-state index in [-0.39, 0.29) is 28.4 Å². The van der Waals surface area contributed by atoms with Crippen LogP contribution in [0.3, 0.4) is 0 Å². The molecule has 0 fully saturated rings. The summed E-state index contributed by atoms with van der Waals surface area (Å²) in [6.07, 6.45) is 1.07. The van der Waals surface area contributed by atoms with Gasteiger partial charge in [-0.25, -0.2) is 27.9 Å².